The molecule has 2 heterocycles. The highest BCUT2D eigenvalue weighted by Gasteiger charge is 2.50. The van der Waals surface area contributed by atoms with E-state index in [-0.39, 0.29) is 0 Å². The molecule has 4 nitrogen and oxygen atoms in total. The number of hydrogen-bond donors (Lipinski definition) is 2. The molecule has 0 amide bonds. The van der Waals surface area contributed by atoms with E-state index in [1.807, 2.05) is 23.9 Å². The van der Waals surface area contributed by atoms with Crippen LogP contribution >= 0.6 is 11.8 Å². The van der Waals surface area contributed by atoms with Crippen molar-refractivity contribution in [3.63, 3.8) is 0 Å². The van der Waals surface area contributed by atoms with Gasteiger partial charge >= 0.3 is 0 Å². The van der Waals surface area contributed by atoms with E-state index in [2.05, 4.69) is 150 Å². The monoisotopic (exact) mass is 646 g/mol. The Kier molecular flexibility index (Phi) is 5.99. The van der Waals surface area contributed by atoms with E-state index >= 15 is 0 Å². The molecule has 1 aliphatic carbocycles. The molecule has 10 rings (SSSR count). The average Bonchev–Trinajstić information content (AvgIpc) is 3.68. The van der Waals surface area contributed by atoms with Gasteiger partial charge in [0.2, 0.25) is 0 Å². The normalized spacial score (nSPS) is 13.6. The van der Waals surface area contributed by atoms with Crippen molar-refractivity contribution < 1.29 is 0 Å². The Hall–Kier alpha value is -6.04. The molecule has 0 saturated heterocycles. The topological polar surface area (TPSA) is 69.9 Å². The SMILES string of the molecule is Nc1cccc(-c2cccc3c2Sc2ccc(-n4c(-c5ccccc5)nc5ccccc54)cc2C32c3ccccc3-c3ccccc32)c1N. The first-order valence-corrected chi connectivity index (χ1v) is 17.3. The molecule has 1 aromatic heterocycles. The van der Waals surface area contributed by atoms with Crippen molar-refractivity contribution in [2.24, 2.45) is 0 Å². The number of imidazole rings is 1. The second kappa shape index (κ2) is 10.5. The quantitative estimate of drug-likeness (QED) is 0.187. The second-order valence-corrected chi connectivity index (χ2v) is 13.8. The first-order valence-electron chi connectivity index (χ1n) is 16.5. The minimum absolute atomic E-state index is 0.562. The highest BCUT2D eigenvalue weighted by molar-refractivity contribution is 7.99. The lowest BCUT2D eigenvalue weighted by Crippen LogP contribution is -2.32. The van der Waals surface area contributed by atoms with Crippen molar-refractivity contribution in [1.82, 2.24) is 9.55 Å². The van der Waals surface area contributed by atoms with Gasteiger partial charge in [-0.25, -0.2) is 4.98 Å². The van der Waals surface area contributed by atoms with Crippen LogP contribution in [-0.2, 0) is 5.41 Å². The predicted octanol–water partition coefficient (Wildman–Crippen LogP) is 10.4. The third-order valence-electron chi connectivity index (χ3n) is 10.2. The number of aromatic nitrogens is 2. The van der Waals surface area contributed by atoms with Crippen LogP contribution in [0.3, 0.4) is 0 Å². The van der Waals surface area contributed by atoms with E-state index in [0.717, 1.165) is 39.2 Å². The van der Waals surface area contributed by atoms with E-state index in [1.165, 1.54) is 43.2 Å². The maximum absolute atomic E-state index is 6.68. The molecule has 0 saturated carbocycles. The molecular formula is C44H30N4S. The van der Waals surface area contributed by atoms with E-state index in [0.29, 0.717) is 11.4 Å². The van der Waals surface area contributed by atoms with Crippen LogP contribution in [-0.4, -0.2) is 9.55 Å². The lowest BCUT2D eigenvalue weighted by molar-refractivity contribution is 0.722. The summed E-state index contributed by atoms with van der Waals surface area (Å²) in [5.74, 6) is 0.923. The minimum atomic E-state index is -0.562. The highest BCUT2D eigenvalue weighted by atomic mass is 32.2. The zero-order valence-corrected chi connectivity index (χ0v) is 27.3. The molecule has 232 valence electrons. The summed E-state index contributed by atoms with van der Waals surface area (Å²) in [5, 5.41) is 0. The summed E-state index contributed by atoms with van der Waals surface area (Å²) >= 11 is 1.82. The van der Waals surface area contributed by atoms with Gasteiger partial charge in [0, 0.05) is 26.6 Å². The van der Waals surface area contributed by atoms with Gasteiger partial charge in [-0.2, -0.15) is 0 Å². The van der Waals surface area contributed by atoms with Crippen LogP contribution in [0.1, 0.15) is 22.3 Å². The Morgan fingerprint density at radius 3 is 1.96 bits per heavy atom. The molecule has 0 fully saturated rings. The molecule has 0 unspecified atom stereocenters. The summed E-state index contributed by atoms with van der Waals surface area (Å²) in [5.41, 5.74) is 27.5. The van der Waals surface area contributed by atoms with E-state index in [4.69, 9.17) is 16.5 Å². The fraction of sp³-hybridized carbons (Fsp3) is 0.0227. The number of anilines is 2. The van der Waals surface area contributed by atoms with Crippen molar-refractivity contribution in [2.45, 2.75) is 15.2 Å². The third-order valence-corrected chi connectivity index (χ3v) is 11.5. The average molecular weight is 647 g/mol. The fourth-order valence-corrected chi connectivity index (χ4v) is 9.45. The first kappa shape index (κ1) is 28.0. The van der Waals surface area contributed by atoms with E-state index in [9.17, 15) is 0 Å². The van der Waals surface area contributed by atoms with Crippen LogP contribution in [0.2, 0.25) is 0 Å². The van der Waals surface area contributed by atoms with Crippen molar-refractivity contribution in [1.29, 1.82) is 0 Å². The Morgan fingerprint density at radius 2 is 1.16 bits per heavy atom. The van der Waals surface area contributed by atoms with Crippen molar-refractivity contribution in [3.05, 3.63) is 180 Å². The Bertz CT molecular complexity index is 2570. The van der Waals surface area contributed by atoms with Crippen LogP contribution in [0, 0.1) is 0 Å². The molecule has 0 atom stereocenters. The number of nitrogens with two attached hydrogens (primary N) is 2. The molecule has 0 radical (unpaired) electrons. The number of nitrogen functional groups attached to an aromatic ring is 2. The van der Waals surface area contributed by atoms with E-state index in [1.54, 1.807) is 0 Å². The molecular weight excluding hydrogens is 617 g/mol. The summed E-state index contributed by atoms with van der Waals surface area (Å²) in [6.07, 6.45) is 0. The maximum atomic E-state index is 6.68. The largest absolute Gasteiger partial charge is 0.397 e. The van der Waals surface area contributed by atoms with Gasteiger partial charge in [0.1, 0.15) is 5.82 Å². The Balaban J connectivity index is 1.31. The maximum Gasteiger partial charge on any atom is 0.145 e. The standard InChI is InChI=1S/C44H30N4S/c45-37-21-11-16-31(41(37)46)32-17-10-20-35-42(32)49-40-25-24-28(48-39-23-9-8-22-38(39)47-43(48)27-12-2-1-3-13-27)26-36(40)44(35)33-18-6-4-14-29(33)30-15-5-7-19-34(30)44/h1-26H,45-46H2. The molecule has 1 spiro atoms. The number of rotatable bonds is 3. The predicted molar refractivity (Wildman–Crippen MR) is 202 cm³/mol. The molecule has 0 bridgehead atoms. The smallest absolute Gasteiger partial charge is 0.145 e. The summed E-state index contributed by atoms with van der Waals surface area (Å²) in [7, 11) is 0. The van der Waals surface area contributed by atoms with Crippen LogP contribution < -0.4 is 11.5 Å². The van der Waals surface area contributed by atoms with Crippen LogP contribution in [0.5, 0.6) is 0 Å². The molecule has 5 heteroatoms. The van der Waals surface area contributed by atoms with Crippen molar-refractivity contribution in [3.8, 4) is 39.3 Å². The fourth-order valence-electron chi connectivity index (χ4n) is 8.15. The van der Waals surface area contributed by atoms with Gasteiger partial charge in [0.15, 0.2) is 0 Å². The molecule has 7 aromatic carbocycles. The van der Waals surface area contributed by atoms with Crippen molar-refractivity contribution in [2.75, 3.05) is 11.5 Å². The van der Waals surface area contributed by atoms with Crippen LogP contribution in [0.4, 0.5) is 11.4 Å². The molecule has 49 heavy (non-hydrogen) atoms. The number of benzene rings is 7. The Morgan fingerprint density at radius 1 is 0.531 bits per heavy atom. The van der Waals surface area contributed by atoms with Crippen LogP contribution in [0.25, 0.3) is 50.4 Å². The summed E-state index contributed by atoms with van der Waals surface area (Å²) < 4.78 is 2.31. The van der Waals surface area contributed by atoms with E-state index < -0.39 is 5.41 Å². The van der Waals surface area contributed by atoms with Gasteiger partial charge in [-0.05, 0) is 75.3 Å². The first-order chi connectivity index (χ1) is 24.1. The number of nitrogens with zero attached hydrogens (tertiary/aromatic N) is 2. The summed E-state index contributed by atoms with van der Waals surface area (Å²) in [4.78, 5) is 7.57. The Labute approximate surface area is 288 Å². The van der Waals surface area contributed by atoms with Gasteiger partial charge in [0.05, 0.1) is 27.8 Å². The second-order valence-electron chi connectivity index (χ2n) is 12.7. The summed E-state index contributed by atoms with van der Waals surface area (Å²) in [6.45, 7) is 0. The highest BCUT2D eigenvalue weighted by Crippen LogP contribution is 2.63. The lowest BCUT2D eigenvalue weighted by Gasteiger charge is -2.40. The zero-order chi connectivity index (χ0) is 32.7. The van der Waals surface area contributed by atoms with Gasteiger partial charge < -0.3 is 11.5 Å². The molecule has 4 N–H and O–H groups in total. The molecule has 2 aliphatic rings. The van der Waals surface area contributed by atoms with Gasteiger partial charge in [0.25, 0.3) is 0 Å². The number of para-hydroxylation sites is 3. The summed E-state index contributed by atoms with van der Waals surface area (Å²) in [6, 6.07) is 56.3. The number of fused-ring (bicyclic) bond motifs is 10. The molecule has 8 aromatic rings. The van der Waals surface area contributed by atoms with Gasteiger partial charge in [-0.1, -0.05) is 133 Å². The molecule has 1 aliphatic heterocycles. The number of hydrogen-bond acceptors (Lipinski definition) is 4. The lowest BCUT2D eigenvalue weighted by atomic mass is 9.67. The van der Waals surface area contributed by atoms with Crippen LogP contribution in [0.15, 0.2) is 168 Å². The van der Waals surface area contributed by atoms with Gasteiger partial charge in [-0.15, -0.1) is 0 Å². The minimum Gasteiger partial charge on any atom is -0.397 e. The van der Waals surface area contributed by atoms with Gasteiger partial charge in [-0.3, -0.25) is 4.57 Å². The van der Waals surface area contributed by atoms with Crippen molar-refractivity contribution >= 4 is 34.2 Å². The zero-order valence-electron chi connectivity index (χ0n) is 26.5. The third kappa shape index (κ3) is 3.85.